The Bertz CT molecular complexity index is 333. The Kier molecular flexibility index (Phi) is 2.00. The third-order valence-electron chi connectivity index (χ3n) is 2.23. The van der Waals surface area contributed by atoms with Crippen molar-refractivity contribution in [3.05, 3.63) is 29.6 Å². The van der Waals surface area contributed by atoms with Crippen LogP contribution >= 0.6 is 0 Å². The second-order valence-electron chi connectivity index (χ2n) is 3.51. The SMILES string of the molecule is Cc1cncc(C2C=NN(C)C2)c1. The predicted molar refractivity (Wildman–Crippen MR) is 52.8 cm³/mol. The van der Waals surface area contributed by atoms with Gasteiger partial charge in [-0.15, -0.1) is 0 Å². The lowest BCUT2D eigenvalue weighted by atomic mass is 10.0. The number of hydrogen-bond acceptors (Lipinski definition) is 3. The molecule has 0 bridgehead atoms. The summed E-state index contributed by atoms with van der Waals surface area (Å²) in [7, 11) is 1.99. The lowest BCUT2D eigenvalue weighted by Crippen LogP contribution is -2.12. The summed E-state index contributed by atoms with van der Waals surface area (Å²) in [4.78, 5) is 4.17. The molecule has 3 heteroatoms. The van der Waals surface area contributed by atoms with Crippen molar-refractivity contribution >= 4 is 6.21 Å². The van der Waals surface area contributed by atoms with E-state index in [1.165, 1.54) is 11.1 Å². The number of rotatable bonds is 1. The molecule has 0 saturated heterocycles. The molecule has 1 atom stereocenters. The van der Waals surface area contributed by atoms with E-state index >= 15 is 0 Å². The second-order valence-corrected chi connectivity index (χ2v) is 3.51. The number of hydrazone groups is 1. The summed E-state index contributed by atoms with van der Waals surface area (Å²) in [6.45, 7) is 3.03. The molecule has 0 spiro atoms. The van der Waals surface area contributed by atoms with E-state index in [1.807, 2.05) is 30.7 Å². The zero-order chi connectivity index (χ0) is 9.26. The van der Waals surface area contributed by atoms with Gasteiger partial charge in [-0.1, -0.05) is 6.07 Å². The van der Waals surface area contributed by atoms with Gasteiger partial charge in [0.1, 0.15) is 0 Å². The minimum Gasteiger partial charge on any atom is -0.299 e. The molecule has 0 radical (unpaired) electrons. The molecule has 1 aliphatic rings. The van der Waals surface area contributed by atoms with E-state index in [0.717, 1.165) is 6.54 Å². The fourth-order valence-electron chi connectivity index (χ4n) is 1.55. The van der Waals surface area contributed by atoms with Crippen LogP contribution < -0.4 is 0 Å². The molecule has 0 N–H and O–H groups in total. The first-order valence-electron chi connectivity index (χ1n) is 4.42. The third kappa shape index (κ3) is 1.69. The van der Waals surface area contributed by atoms with Gasteiger partial charge in [-0.3, -0.25) is 9.99 Å². The Labute approximate surface area is 78.1 Å². The molecule has 0 saturated carbocycles. The highest BCUT2D eigenvalue weighted by atomic mass is 15.4. The van der Waals surface area contributed by atoms with Crippen LogP contribution in [0.2, 0.25) is 0 Å². The maximum atomic E-state index is 4.20. The van der Waals surface area contributed by atoms with E-state index in [4.69, 9.17) is 0 Å². The van der Waals surface area contributed by atoms with Crippen molar-refractivity contribution in [1.29, 1.82) is 0 Å². The number of likely N-dealkylation sites (N-methyl/N-ethyl adjacent to an activating group) is 1. The molecule has 0 amide bonds. The van der Waals surface area contributed by atoms with E-state index in [-0.39, 0.29) is 0 Å². The molecule has 2 heterocycles. The molecule has 2 rings (SSSR count). The fourth-order valence-corrected chi connectivity index (χ4v) is 1.55. The highest BCUT2D eigenvalue weighted by Crippen LogP contribution is 2.18. The first kappa shape index (κ1) is 8.23. The van der Waals surface area contributed by atoms with E-state index < -0.39 is 0 Å². The Morgan fingerprint density at radius 3 is 2.92 bits per heavy atom. The molecule has 13 heavy (non-hydrogen) atoms. The average molecular weight is 175 g/mol. The zero-order valence-electron chi connectivity index (χ0n) is 7.94. The lowest BCUT2D eigenvalue weighted by Gasteiger charge is -2.10. The van der Waals surface area contributed by atoms with Crippen LogP contribution in [0.1, 0.15) is 17.0 Å². The molecule has 0 aromatic carbocycles. The van der Waals surface area contributed by atoms with Crippen molar-refractivity contribution in [2.24, 2.45) is 5.10 Å². The first-order chi connectivity index (χ1) is 6.25. The van der Waals surface area contributed by atoms with Crippen molar-refractivity contribution in [3.63, 3.8) is 0 Å². The summed E-state index contributed by atoms with van der Waals surface area (Å²) in [5.74, 6) is 0.414. The summed E-state index contributed by atoms with van der Waals surface area (Å²) in [5.41, 5.74) is 2.47. The minimum atomic E-state index is 0.414. The van der Waals surface area contributed by atoms with Crippen LogP contribution in [0, 0.1) is 6.92 Å². The Balaban J connectivity index is 2.22. The van der Waals surface area contributed by atoms with E-state index in [2.05, 4.69) is 23.1 Å². The molecule has 3 nitrogen and oxygen atoms in total. The molecule has 1 aromatic heterocycles. The molecule has 1 aromatic rings. The van der Waals surface area contributed by atoms with Gasteiger partial charge in [-0.25, -0.2) is 0 Å². The quantitative estimate of drug-likeness (QED) is 0.645. The maximum absolute atomic E-state index is 4.20. The van der Waals surface area contributed by atoms with Gasteiger partial charge in [-0.05, 0) is 18.1 Å². The van der Waals surface area contributed by atoms with Crippen molar-refractivity contribution < 1.29 is 0 Å². The summed E-state index contributed by atoms with van der Waals surface area (Å²) in [6.07, 6.45) is 5.78. The number of nitrogens with zero attached hydrogens (tertiary/aromatic N) is 3. The van der Waals surface area contributed by atoms with Crippen LogP contribution in [0.5, 0.6) is 0 Å². The third-order valence-corrected chi connectivity index (χ3v) is 2.23. The number of aromatic nitrogens is 1. The molecule has 1 aliphatic heterocycles. The van der Waals surface area contributed by atoms with Gasteiger partial charge in [0, 0.05) is 38.1 Å². The van der Waals surface area contributed by atoms with E-state index in [0.29, 0.717) is 5.92 Å². The number of hydrogen-bond donors (Lipinski definition) is 0. The minimum absolute atomic E-state index is 0.414. The standard InChI is InChI=1S/C10H13N3/c1-8-3-9(5-11-4-8)10-6-12-13(2)7-10/h3-6,10H,7H2,1-2H3. The van der Waals surface area contributed by atoms with Crippen LogP contribution in [0.25, 0.3) is 0 Å². The highest BCUT2D eigenvalue weighted by molar-refractivity contribution is 5.69. The monoisotopic (exact) mass is 175 g/mol. The highest BCUT2D eigenvalue weighted by Gasteiger charge is 2.16. The maximum Gasteiger partial charge on any atom is 0.0476 e. The Morgan fingerprint density at radius 1 is 1.46 bits per heavy atom. The van der Waals surface area contributed by atoms with Gasteiger partial charge >= 0.3 is 0 Å². The smallest absolute Gasteiger partial charge is 0.0476 e. The number of aryl methyl sites for hydroxylation is 1. The molecule has 0 fully saturated rings. The topological polar surface area (TPSA) is 28.5 Å². The molecular weight excluding hydrogens is 162 g/mol. The van der Waals surface area contributed by atoms with Crippen LogP contribution in [0.15, 0.2) is 23.6 Å². The van der Waals surface area contributed by atoms with Gasteiger partial charge in [0.25, 0.3) is 0 Å². The molecule has 0 aliphatic carbocycles. The van der Waals surface area contributed by atoms with Gasteiger partial charge in [0.05, 0.1) is 0 Å². The Hall–Kier alpha value is -1.38. The van der Waals surface area contributed by atoms with Gasteiger partial charge in [0.15, 0.2) is 0 Å². The predicted octanol–water partition coefficient (Wildman–Crippen LogP) is 1.40. The lowest BCUT2D eigenvalue weighted by molar-refractivity contribution is 0.381. The van der Waals surface area contributed by atoms with Gasteiger partial charge in [0.2, 0.25) is 0 Å². The van der Waals surface area contributed by atoms with Crippen molar-refractivity contribution in [2.75, 3.05) is 13.6 Å². The van der Waals surface area contributed by atoms with Crippen molar-refractivity contribution in [3.8, 4) is 0 Å². The zero-order valence-corrected chi connectivity index (χ0v) is 7.94. The largest absolute Gasteiger partial charge is 0.299 e. The van der Waals surface area contributed by atoms with Crippen LogP contribution in [0.4, 0.5) is 0 Å². The van der Waals surface area contributed by atoms with Gasteiger partial charge < -0.3 is 0 Å². The van der Waals surface area contributed by atoms with E-state index in [9.17, 15) is 0 Å². The van der Waals surface area contributed by atoms with Crippen molar-refractivity contribution in [1.82, 2.24) is 9.99 Å². The summed E-state index contributed by atoms with van der Waals surface area (Å²) >= 11 is 0. The normalized spacial score (nSPS) is 21.1. The van der Waals surface area contributed by atoms with E-state index in [1.54, 1.807) is 0 Å². The van der Waals surface area contributed by atoms with Crippen LogP contribution in [0.3, 0.4) is 0 Å². The van der Waals surface area contributed by atoms with Gasteiger partial charge in [-0.2, -0.15) is 5.10 Å². The second kappa shape index (κ2) is 3.17. The summed E-state index contributed by atoms with van der Waals surface area (Å²) in [5, 5.41) is 6.16. The molecular formula is C10H13N3. The fraction of sp³-hybridized carbons (Fsp3) is 0.400. The summed E-state index contributed by atoms with van der Waals surface area (Å²) < 4.78 is 0. The molecule has 68 valence electrons. The first-order valence-corrected chi connectivity index (χ1v) is 4.42. The summed E-state index contributed by atoms with van der Waals surface area (Å²) in [6, 6.07) is 2.17. The Morgan fingerprint density at radius 2 is 2.31 bits per heavy atom. The van der Waals surface area contributed by atoms with Crippen molar-refractivity contribution in [2.45, 2.75) is 12.8 Å². The van der Waals surface area contributed by atoms with Crippen LogP contribution in [-0.2, 0) is 0 Å². The average Bonchev–Trinajstić information content (AvgIpc) is 2.52. The molecule has 1 unspecified atom stereocenters. The number of pyridine rings is 1. The van der Waals surface area contributed by atoms with Crippen LogP contribution in [-0.4, -0.2) is 29.8 Å².